The van der Waals surface area contributed by atoms with E-state index in [9.17, 15) is 9.59 Å². The number of anilines is 1. The summed E-state index contributed by atoms with van der Waals surface area (Å²) in [4.78, 5) is 23.6. The zero-order valence-corrected chi connectivity index (χ0v) is 16.2. The zero-order chi connectivity index (χ0) is 18.9. The quantitative estimate of drug-likeness (QED) is 0.427. The zero-order valence-electron chi connectivity index (χ0n) is 14.6. The van der Waals surface area contributed by atoms with Gasteiger partial charge in [0.05, 0.1) is 17.3 Å². The molecular formula is C19H20BrN3O3. The van der Waals surface area contributed by atoms with E-state index in [4.69, 9.17) is 4.74 Å². The first-order valence-electron chi connectivity index (χ1n) is 8.13. The number of rotatable bonds is 6. The number of amides is 2. The number of carbonyl (C=O) groups excluding carboxylic acids is 2. The van der Waals surface area contributed by atoms with Crippen molar-refractivity contribution >= 4 is 39.6 Å². The normalized spacial score (nSPS) is 10.6. The molecule has 0 aliphatic rings. The molecule has 0 aliphatic carbocycles. The molecule has 2 aromatic rings. The van der Waals surface area contributed by atoms with E-state index in [0.29, 0.717) is 12.3 Å². The van der Waals surface area contributed by atoms with Gasteiger partial charge in [0.15, 0.2) is 0 Å². The summed E-state index contributed by atoms with van der Waals surface area (Å²) < 4.78 is 6.36. The van der Waals surface area contributed by atoms with Crippen LogP contribution >= 0.6 is 15.9 Å². The van der Waals surface area contributed by atoms with Gasteiger partial charge in [-0.05, 0) is 65.2 Å². The molecule has 0 aliphatic heterocycles. The number of hydrogen-bond acceptors (Lipinski definition) is 4. The van der Waals surface area contributed by atoms with Crippen LogP contribution < -0.4 is 15.5 Å². The first-order chi connectivity index (χ1) is 12.5. The van der Waals surface area contributed by atoms with Crippen molar-refractivity contribution < 1.29 is 14.3 Å². The lowest BCUT2D eigenvalue weighted by atomic mass is 10.2. The van der Waals surface area contributed by atoms with Gasteiger partial charge < -0.3 is 10.1 Å². The van der Waals surface area contributed by atoms with Crippen molar-refractivity contribution in [3.63, 3.8) is 0 Å². The Kier molecular flexibility index (Phi) is 7.35. The summed E-state index contributed by atoms with van der Waals surface area (Å²) in [5.74, 6) is -0.884. The molecule has 2 amide bonds. The van der Waals surface area contributed by atoms with Crippen LogP contribution in [0.4, 0.5) is 5.69 Å². The Balaban J connectivity index is 1.88. The van der Waals surface area contributed by atoms with Crippen LogP contribution in [0.2, 0.25) is 0 Å². The molecule has 2 rings (SSSR count). The number of hydrazone groups is 1. The van der Waals surface area contributed by atoms with Gasteiger partial charge in [-0.25, -0.2) is 5.43 Å². The van der Waals surface area contributed by atoms with E-state index in [1.165, 1.54) is 6.21 Å². The van der Waals surface area contributed by atoms with E-state index in [1.807, 2.05) is 38.1 Å². The average Bonchev–Trinajstić information content (AvgIpc) is 2.62. The minimum atomic E-state index is -0.844. The molecule has 0 atom stereocenters. The summed E-state index contributed by atoms with van der Waals surface area (Å²) in [6.07, 6.45) is 2.37. The molecule has 136 valence electrons. The first kappa shape index (κ1) is 19.7. The highest BCUT2D eigenvalue weighted by atomic mass is 79.9. The highest BCUT2D eigenvalue weighted by Gasteiger charge is 2.12. The molecule has 2 aromatic carbocycles. The molecule has 0 fully saturated rings. The Bertz CT molecular complexity index is 804. The smallest absolute Gasteiger partial charge is 0.329 e. The minimum absolute atomic E-state index is 0.548. The van der Waals surface area contributed by atoms with E-state index in [1.54, 1.807) is 18.2 Å². The molecule has 26 heavy (non-hydrogen) atoms. The van der Waals surface area contributed by atoms with Crippen LogP contribution in [0.15, 0.2) is 52.0 Å². The van der Waals surface area contributed by atoms with E-state index in [0.717, 1.165) is 27.8 Å². The van der Waals surface area contributed by atoms with Gasteiger partial charge in [0.2, 0.25) is 0 Å². The molecule has 0 radical (unpaired) electrons. The third-order valence-electron chi connectivity index (χ3n) is 3.31. The van der Waals surface area contributed by atoms with Crippen LogP contribution in [0, 0.1) is 6.92 Å². The summed E-state index contributed by atoms with van der Waals surface area (Å²) in [5, 5.41) is 6.31. The second kappa shape index (κ2) is 9.72. The highest BCUT2D eigenvalue weighted by molar-refractivity contribution is 9.10. The number of aryl methyl sites for hydroxylation is 1. The monoisotopic (exact) mass is 417 g/mol. The third-order valence-corrected chi connectivity index (χ3v) is 3.93. The average molecular weight is 418 g/mol. The predicted octanol–water partition coefficient (Wildman–Crippen LogP) is 3.64. The molecule has 0 unspecified atom stereocenters. The molecule has 2 N–H and O–H groups in total. The maximum absolute atomic E-state index is 11.8. The van der Waals surface area contributed by atoms with E-state index in [-0.39, 0.29) is 0 Å². The fourth-order valence-corrected chi connectivity index (χ4v) is 2.48. The number of hydrogen-bond donors (Lipinski definition) is 2. The summed E-state index contributed by atoms with van der Waals surface area (Å²) in [7, 11) is 0. The Hall–Kier alpha value is -2.67. The second-order valence-corrected chi connectivity index (χ2v) is 6.41. The van der Waals surface area contributed by atoms with Gasteiger partial charge in [-0.15, -0.1) is 0 Å². The third kappa shape index (κ3) is 6.00. The highest BCUT2D eigenvalue weighted by Crippen LogP contribution is 2.25. The van der Waals surface area contributed by atoms with Gasteiger partial charge in [0.1, 0.15) is 5.75 Å². The second-order valence-electron chi connectivity index (χ2n) is 5.56. The number of nitrogens with one attached hydrogen (secondary N) is 2. The van der Waals surface area contributed by atoms with Crippen molar-refractivity contribution in [1.29, 1.82) is 0 Å². The molecule has 7 heteroatoms. The molecule has 0 heterocycles. The number of halogens is 1. The lowest BCUT2D eigenvalue weighted by Gasteiger charge is -2.07. The van der Waals surface area contributed by atoms with E-state index in [2.05, 4.69) is 31.8 Å². The van der Waals surface area contributed by atoms with Crippen molar-refractivity contribution in [1.82, 2.24) is 5.43 Å². The number of benzene rings is 2. The molecule has 0 saturated heterocycles. The summed E-state index contributed by atoms with van der Waals surface area (Å²) >= 11 is 3.43. The number of ether oxygens (including phenoxy) is 1. The molecular weight excluding hydrogens is 398 g/mol. The fraction of sp³-hybridized carbons (Fsp3) is 0.211. The molecule has 0 bridgehead atoms. The van der Waals surface area contributed by atoms with E-state index >= 15 is 0 Å². The maximum atomic E-state index is 11.8. The van der Waals surface area contributed by atoms with Gasteiger partial charge in [-0.1, -0.05) is 24.6 Å². The maximum Gasteiger partial charge on any atom is 0.329 e. The SMILES string of the molecule is CCCOc1ccc(/C=N\NC(=O)C(=O)Nc2ccc(C)cc2)cc1Br. The first-order valence-corrected chi connectivity index (χ1v) is 8.92. The Morgan fingerprint density at radius 3 is 2.54 bits per heavy atom. The van der Waals surface area contributed by atoms with Crippen molar-refractivity contribution in [3.8, 4) is 5.75 Å². The van der Waals surface area contributed by atoms with Gasteiger partial charge >= 0.3 is 11.8 Å². The number of nitrogens with zero attached hydrogens (tertiary/aromatic N) is 1. The van der Waals surface area contributed by atoms with Crippen LogP contribution in [0.25, 0.3) is 0 Å². The summed E-state index contributed by atoms with van der Waals surface area (Å²) in [6, 6.07) is 12.6. The largest absolute Gasteiger partial charge is 0.492 e. The standard InChI is InChI=1S/C19H20BrN3O3/c1-3-10-26-17-9-6-14(11-16(17)20)12-21-23-19(25)18(24)22-15-7-4-13(2)5-8-15/h4-9,11-12H,3,10H2,1-2H3,(H,22,24)(H,23,25)/b21-12-. The van der Waals surface area contributed by atoms with Crippen LogP contribution in [0.1, 0.15) is 24.5 Å². The fourth-order valence-electron chi connectivity index (χ4n) is 1.97. The van der Waals surface area contributed by atoms with Gasteiger partial charge in [0.25, 0.3) is 0 Å². The minimum Gasteiger partial charge on any atom is -0.492 e. The molecule has 6 nitrogen and oxygen atoms in total. The van der Waals surface area contributed by atoms with Gasteiger partial charge in [-0.2, -0.15) is 5.10 Å². The lowest BCUT2D eigenvalue weighted by molar-refractivity contribution is -0.136. The van der Waals surface area contributed by atoms with E-state index < -0.39 is 11.8 Å². The Labute approximate surface area is 160 Å². The molecule has 0 aromatic heterocycles. The lowest BCUT2D eigenvalue weighted by Crippen LogP contribution is -2.32. The van der Waals surface area contributed by atoms with Crippen molar-refractivity contribution in [2.24, 2.45) is 5.10 Å². The van der Waals surface area contributed by atoms with Crippen LogP contribution in [-0.2, 0) is 9.59 Å². The summed E-state index contributed by atoms with van der Waals surface area (Å²) in [5.41, 5.74) is 4.56. The number of carbonyl (C=O) groups is 2. The predicted molar refractivity (Wildman–Crippen MR) is 105 cm³/mol. The van der Waals surface area contributed by atoms with Crippen LogP contribution in [0.5, 0.6) is 5.75 Å². The van der Waals surface area contributed by atoms with Gasteiger partial charge in [0, 0.05) is 5.69 Å². The topological polar surface area (TPSA) is 79.8 Å². The molecule has 0 spiro atoms. The molecule has 0 saturated carbocycles. The Morgan fingerprint density at radius 1 is 1.15 bits per heavy atom. The van der Waals surface area contributed by atoms with Crippen molar-refractivity contribution in [3.05, 3.63) is 58.1 Å². The van der Waals surface area contributed by atoms with Crippen molar-refractivity contribution in [2.45, 2.75) is 20.3 Å². The van der Waals surface area contributed by atoms with Crippen molar-refractivity contribution in [2.75, 3.05) is 11.9 Å². The van der Waals surface area contributed by atoms with Gasteiger partial charge in [-0.3, -0.25) is 9.59 Å². The Morgan fingerprint density at radius 2 is 1.88 bits per heavy atom. The van der Waals surface area contributed by atoms with Crippen LogP contribution in [0.3, 0.4) is 0 Å². The summed E-state index contributed by atoms with van der Waals surface area (Å²) in [6.45, 7) is 4.61. The van der Waals surface area contributed by atoms with Crippen LogP contribution in [-0.4, -0.2) is 24.6 Å².